The smallest absolute Gasteiger partial charge is 0.181 e. The number of hydrogen-bond acceptors (Lipinski definition) is 3. The standard InChI is InChI=1S/C15H14ClN3O/c1-9-5-6-10(8-11(9)16)13-14(17)19-7-3-4-12(20-2)15(19)18-13/h3-8H,17H2,1-2H3. The number of fused-ring (bicyclic) bond motifs is 1. The maximum atomic E-state index is 6.18. The van der Waals surface area contributed by atoms with Crippen LogP contribution in [0.1, 0.15) is 5.56 Å². The Balaban J connectivity index is 2.26. The van der Waals surface area contributed by atoms with Crippen LogP contribution in [0, 0.1) is 6.92 Å². The van der Waals surface area contributed by atoms with Crippen molar-refractivity contribution in [1.29, 1.82) is 0 Å². The van der Waals surface area contributed by atoms with Gasteiger partial charge < -0.3 is 10.5 Å². The molecule has 3 aromatic rings. The number of pyridine rings is 1. The maximum absolute atomic E-state index is 6.18. The summed E-state index contributed by atoms with van der Waals surface area (Å²) in [6.45, 7) is 1.96. The lowest BCUT2D eigenvalue weighted by Crippen LogP contribution is -1.95. The van der Waals surface area contributed by atoms with E-state index in [4.69, 9.17) is 22.1 Å². The molecule has 0 saturated heterocycles. The van der Waals surface area contributed by atoms with Crippen molar-refractivity contribution < 1.29 is 4.74 Å². The minimum Gasteiger partial charge on any atom is -0.493 e. The quantitative estimate of drug-likeness (QED) is 0.784. The molecule has 4 nitrogen and oxygen atoms in total. The number of nitrogen functional groups attached to an aromatic ring is 1. The number of ether oxygens (including phenoxy) is 1. The number of nitrogens with two attached hydrogens (primary N) is 1. The molecule has 20 heavy (non-hydrogen) atoms. The highest BCUT2D eigenvalue weighted by Crippen LogP contribution is 2.32. The number of benzene rings is 1. The molecule has 5 heteroatoms. The largest absolute Gasteiger partial charge is 0.493 e. The Labute approximate surface area is 121 Å². The van der Waals surface area contributed by atoms with E-state index in [-0.39, 0.29) is 0 Å². The summed E-state index contributed by atoms with van der Waals surface area (Å²) in [7, 11) is 1.61. The van der Waals surface area contributed by atoms with Gasteiger partial charge in [0.2, 0.25) is 0 Å². The Morgan fingerprint density at radius 2 is 2.10 bits per heavy atom. The molecule has 0 saturated carbocycles. The van der Waals surface area contributed by atoms with Gasteiger partial charge in [-0.25, -0.2) is 4.98 Å². The van der Waals surface area contributed by atoms with Crippen LogP contribution >= 0.6 is 11.6 Å². The minimum absolute atomic E-state index is 0.568. The Morgan fingerprint density at radius 3 is 2.80 bits per heavy atom. The summed E-state index contributed by atoms with van der Waals surface area (Å²) in [5.41, 5.74) is 9.50. The second kappa shape index (κ2) is 4.72. The van der Waals surface area contributed by atoms with Crippen LogP contribution in [0.4, 0.5) is 5.82 Å². The van der Waals surface area contributed by atoms with E-state index in [1.165, 1.54) is 0 Å². The summed E-state index contributed by atoms with van der Waals surface area (Å²) in [6.07, 6.45) is 1.86. The molecule has 3 rings (SSSR count). The number of imidazole rings is 1. The van der Waals surface area contributed by atoms with Gasteiger partial charge in [0.15, 0.2) is 11.4 Å². The Morgan fingerprint density at radius 1 is 1.30 bits per heavy atom. The van der Waals surface area contributed by atoms with Gasteiger partial charge in [0, 0.05) is 16.8 Å². The molecule has 0 atom stereocenters. The second-order valence-corrected chi connectivity index (χ2v) is 4.99. The molecule has 0 unspecified atom stereocenters. The van der Waals surface area contributed by atoms with Gasteiger partial charge in [0.05, 0.1) is 7.11 Å². The van der Waals surface area contributed by atoms with Crippen molar-refractivity contribution in [3.63, 3.8) is 0 Å². The monoisotopic (exact) mass is 287 g/mol. The van der Waals surface area contributed by atoms with Crippen LogP contribution in [-0.2, 0) is 0 Å². The highest BCUT2D eigenvalue weighted by Gasteiger charge is 2.14. The van der Waals surface area contributed by atoms with Crippen LogP contribution in [0.15, 0.2) is 36.5 Å². The first-order valence-electron chi connectivity index (χ1n) is 6.19. The lowest BCUT2D eigenvalue weighted by molar-refractivity contribution is 0.417. The molecular weight excluding hydrogens is 274 g/mol. The highest BCUT2D eigenvalue weighted by molar-refractivity contribution is 6.31. The van der Waals surface area contributed by atoms with Crippen LogP contribution in [0.5, 0.6) is 5.75 Å². The van der Waals surface area contributed by atoms with E-state index in [1.54, 1.807) is 7.11 Å². The zero-order valence-corrected chi connectivity index (χ0v) is 12.0. The molecule has 0 aliphatic rings. The van der Waals surface area contributed by atoms with Gasteiger partial charge in [-0.2, -0.15) is 0 Å². The summed E-state index contributed by atoms with van der Waals surface area (Å²) in [5.74, 6) is 1.25. The van der Waals surface area contributed by atoms with Crippen LogP contribution in [0.2, 0.25) is 5.02 Å². The number of halogens is 1. The summed E-state index contributed by atoms with van der Waals surface area (Å²) in [5, 5.41) is 0.700. The molecule has 0 radical (unpaired) electrons. The summed E-state index contributed by atoms with van der Waals surface area (Å²) >= 11 is 6.17. The first-order chi connectivity index (χ1) is 9.61. The van der Waals surface area contributed by atoms with E-state index in [2.05, 4.69) is 4.98 Å². The SMILES string of the molecule is COc1cccn2c(N)c(-c3ccc(C)c(Cl)c3)nc12. The average molecular weight is 288 g/mol. The van der Waals surface area contributed by atoms with Crippen molar-refractivity contribution in [3.8, 4) is 17.0 Å². The Kier molecular flexibility index (Phi) is 3.03. The lowest BCUT2D eigenvalue weighted by Gasteiger charge is -2.02. The van der Waals surface area contributed by atoms with Gasteiger partial charge in [0.1, 0.15) is 11.5 Å². The molecule has 0 spiro atoms. The van der Waals surface area contributed by atoms with E-state index < -0.39 is 0 Å². The Bertz CT molecular complexity index is 795. The maximum Gasteiger partial charge on any atom is 0.181 e. The highest BCUT2D eigenvalue weighted by atomic mass is 35.5. The van der Waals surface area contributed by atoms with Gasteiger partial charge in [-0.05, 0) is 30.7 Å². The molecule has 2 heterocycles. The molecule has 2 N–H and O–H groups in total. The average Bonchev–Trinajstić information content (AvgIpc) is 2.79. The molecule has 0 aliphatic carbocycles. The summed E-state index contributed by atoms with van der Waals surface area (Å²) < 4.78 is 7.12. The fourth-order valence-corrected chi connectivity index (χ4v) is 2.35. The Hall–Kier alpha value is -2.20. The summed E-state index contributed by atoms with van der Waals surface area (Å²) in [4.78, 5) is 4.58. The van der Waals surface area contributed by atoms with Gasteiger partial charge in [0.25, 0.3) is 0 Å². The van der Waals surface area contributed by atoms with E-state index >= 15 is 0 Å². The van der Waals surface area contributed by atoms with E-state index in [0.29, 0.717) is 27.9 Å². The second-order valence-electron chi connectivity index (χ2n) is 4.58. The van der Waals surface area contributed by atoms with E-state index in [1.807, 2.05) is 47.9 Å². The summed E-state index contributed by atoms with van der Waals surface area (Å²) in [6, 6.07) is 9.52. The van der Waals surface area contributed by atoms with Crippen molar-refractivity contribution in [2.24, 2.45) is 0 Å². The fourth-order valence-electron chi connectivity index (χ4n) is 2.17. The third-order valence-corrected chi connectivity index (χ3v) is 3.72. The van der Waals surface area contributed by atoms with Crippen molar-refractivity contribution in [3.05, 3.63) is 47.1 Å². The van der Waals surface area contributed by atoms with Gasteiger partial charge in [-0.3, -0.25) is 4.40 Å². The van der Waals surface area contributed by atoms with Crippen molar-refractivity contribution in [2.75, 3.05) is 12.8 Å². The van der Waals surface area contributed by atoms with E-state index in [9.17, 15) is 0 Å². The molecule has 0 amide bonds. The third-order valence-electron chi connectivity index (χ3n) is 3.32. The molecule has 2 aromatic heterocycles. The van der Waals surface area contributed by atoms with Crippen molar-refractivity contribution in [2.45, 2.75) is 6.92 Å². The molecule has 1 aromatic carbocycles. The number of aryl methyl sites for hydroxylation is 1. The number of rotatable bonds is 2. The lowest BCUT2D eigenvalue weighted by atomic mass is 10.1. The van der Waals surface area contributed by atoms with Gasteiger partial charge in [-0.15, -0.1) is 0 Å². The molecule has 102 valence electrons. The van der Waals surface area contributed by atoms with Crippen LogP contribution in [-0.4, -0.2) is 16.5 Å². The number of methoxy groups -OCH3 is 1. The predicted molar refractivity (Wildman–Crippen MR) is 81.3 cm³/mol. The first kappa shape index (κ1) is 12.8. The molecule has 0 aliphatic heterocycles. The van der Waals surface area contributed by atoms with Crippen LogP contribution in [0.3, 0.4) is 0 Å². The topological polar surface area (TPSA) is 52.5 Å². The molecule has 0 bridgehead atoms. The number of aromatic nitrogens is 2. The zero-order valence-electron chi connectivity index (χ0n) is 11.2. The fraction of sp³-hybridized carbons (Fsp3) is 0.133. The number of anilines is 1. The normalized spacial score (nSPS) is 10.9. The van der Waals surface area contributed by atoms with Crippen molar-refractivity contribution in [1.82, 2.24) is 9.38 Å². The van der Waals surface area contributed by atoms with E-state index in [0.717, 1.165) is 11.1 Å². The minimum atomic E-state index is 0.568. The number of nitrogens with zero attached hydrogens (tertiary/aromatic N) is 2. The number of hydrogen-bond donors (Lipinski definition) is 1. The van der Waals surface area contributed by atoms with Crippen LogP contribution < -0.4 is 10.5 Å². The molecular formula is C15H14ClN3O. The zero-order chi connectivity index (χ0) is 14.3. The van der Waals surface area contributed by atoms with Gasteiger partial charge in [-0.1, -0.05) is 23.7 Å². The molecule has 0 fully saturated rings. The first-order valence-corrected chi connectivity index (χ1v) is 6.56. The van der Waals surface area contributed by atoms with Crippen molar-refractivity contribution >= 4 is 23.1 Å². The third kappa shape index (κ3) is 1.89. The predicted octanol–water partition coefficient (Wildman–Crippen LogP) is 3.55. The van der Waals surface area contributed by atoms with Crippen LogP contribution in [0.25, 0.3) is 16.9 Å². The van der Waals surface area contributed by atoms with Gasteiger partial charge >= 0.3 is 0 Å².